The van der Waals surface area contributed by atoms with Crippen molar-refractivity contribution in [3.63, 3.8) is 0 Å². The van der Waals surface area contributed by atoms with Crippen LogP contribution in [0.2, 0.25) is 0 Å². The zero-order valence-corrected chi connectivity index (χ0v) is 11.1. The summed E-state index contributed by atoms with van der Waals surface area (Å²) in [7, 11) is 0. The van der Waals surface area contributed by atoms with Gasteiger partial charge in [0.2, 0.25) is 0 Å². The standard InChI is InChI=1S/C13H21FN4/c1-3-11-12(14)13(17-8-16-11)18-5-4-9(2)10(6-15)7-18/h8-10H,3-7,15H2,1-2H3. The van der Waals surface area contributed by atoms with Crippen LogP contribution in [0.3, 0.4) is 0 Å². The summed E-state index contributed by atoms with van der Waals surface area (Å²) < 4.78 is 14.2. The number of hydrogen-bond acceptors (Lipinski definition) is 4. The summed E-state index contributed by atoms with van der Waals surface area (Å²) in [6.07, 6.45) is 3.07. The second kappa shape index (κ2) is 5.61. The van der Waals surface area contributed by atoms with E-state index in [4.69, 9.17) is 5.73 Å². The summed E-state index contributed by atoms with van der Waals surface area (Å²) in [6, 6.07) is 0. The first kappa shape index (κ1) is 13.2. The van der Waals surface area contributed by atoms with Crippen LogP contribution in [0.5, 0.6) is 0 Å². The molecule has 18 heavy (non-hydrogen) atoms. The summed E-state index contributed by atoms with van der Waals surface area (Å²) in [5.41, 5.74) is 6.26. The van der Waals surface area contributed by atoms with Crippen LogP contribution >= 0.6 is 0 Å². The molecule has 0 spiro atoms. The molecule has 0 aliphatic carbocycles. The van der Waals surface area contributed by atoms with Gasteiger partial charge in [0.1, 0.15) is 6.33 Å². The molecule has 2 unspecified atom stereocenters. The van der Waals surface area contributed by atoms with Crippen molar-refractivity contribution >= 4 is 5.82 Å². The Morgan fingerprint density at radius 3 is 2.94 bits per heavy atom. The quantitative estimate of drug-likeness (QED) is 0.887. The zero-order chi connectivity index (χ0) is 13.1. The van der Waals surface area contributed by atoms with Crippen molar-refractivity contribution in [3.05, 3.63) is 17.8 Å². The monoisotopic (exact) mass is 252 g/mol. The van der Waals surface area contributed by atoms with E-state index in [0.717, 1.165) is 19.5 Å². The van der Waals surface area contributed by atoms with E-state index >= 15 is 0 Å². The van der Waals surface area contributed by atoms with Crippen molar-refractivity contribution < 1.29 is 4.39 Å². The highest BCUT2D eigenvalue weighted by Gasteiger charge is 2.27. The van der Waals surface area contributed by atoms with Crippen LogP contribution in [0.15, 0.2) is 6.33 Å². The Bertz CT molecular complexity index is 410. The molecule has 1 saturated heterocycles. The predicted octanol–water partition coefficient (Wildman–Crippen LogP) is 1.60. The Labute approximate surface area is 107 Å². The van der Waals surface area contributed by atoms with Gasteiger partial charge in [-0.3, -0.25) is 0 Å². The molecule has 1 aliphatic heterocycles. The first-order valence-corrected chi connectivity index (χ1v) is 6.61. The van der Waals surface area contributed by atoms with E-state index in [-0.39, 0.29) is 5.82 Å². The number of nitrogens with zero attached hydrogens (tertiary/aromatic N) is 3. The number of halogens is 1. The lowest BCUT2D eigenvalue weighted by Crippen LogP contribution is -2.43. The molecule has 2 N–H and O–H groups in total. The van der Waals surface area contributed by atoms with E-state index in [2.05, 4.69) is 16.9 Å². The van der Waals surface area contributed by atoms with Crippen molar-refractivity contribution in [2.75, 3.05) is 24.5 Å². The van der Waals surface area contributed by atoms with Gasteiger partial charge >= 0.3 is 0 Å². The average molecular weight is 252 g/mol. The third kappa shape index (κ3) is 2.46. The number of anilines is 1. The van der Waals surface area contributed by atoms with E-state index in [1.54, 1.807) is 0 Å². The second-order valence-corrected chi connectivity index (χ2v) is 5.02. The van der Waals surface area contributed by atoms with Crippen molar-refractivity contribution in [1.29, 1.82) is 0 Å². The molecule has 0 saturated carbocycles. The van der Waals surface area contributed by atoms with Crippen LogP contribution in [-0.4, -0.2) is 29.6 Å². The molecule has 2 heterocycles. The SMILES string of the molecule is CCc1ncnc(N2CCC(C)C(CN)C2)c1F. The highest BCUT2D eigenvalue weighted by molar-refractivity contribution is 5.41. The molecule has 4 nitrogen and oxygen atoms in total. The number of aryl methyl sites for hydroxylation is 1. The van der Waals surface area contributed by atoms with Crippen molar-refractivity contribution in [1.82, 2.24) is 9.97 Å². The van der Waals surface area contributed by atoms with Gasteiger partial charge < -0.3 is 10.6 Å². The van der Waals surface area contributed by atoms with Crippen LogP contribution in [-0.2, 0) is 6.42 Å². The Kier molecular flexibility index (Phi) is 4.11. The minimum atomic E-state index is -0.273. The largest absolute Gasteiger partial charge is 0.354 e. The number of hydrogen-bond donors (Lipinski definition) is 1. The summed E-state index contributed by atoms with van der Waals surface area (Å²) in [5, 5.41) is 0. The molecule has 1 aromatic rings. The lowest BCUT2D eigenvalue weighted by molar-refractivity contribution is 0.305. The van der Waals surface area contributed by atoms with E-state index < -0.39 is 0 Å². The average Bonchev–Trinajstić information content (AvgIpc) is 2.40. The van der Waals surface area contributed by atoms with Gasteiger partial charge in [0.05, 0.1) is 5.69 Å². The molecule has 0 amide bonds. The number of nitrogens with two attached hydrogens (primary N) is 1. The fourth-order valence-corrected chi connectivity index (χ4v) is 2.51. The van der Waals surface area contributed by atoms with Gasteiger partial charge in [0.15, 0.2) is 11.6 Å². The minimum absolute atomic E-state index is 0.273. The third-order valence-corrected chi connectivity index (χ3v) is 3.89. The maximum Gasteiger partial charge on any atom is 0.187 e. The molecule has 1 fully saturated rings. The summed E-state index contributed by atoms with van der Waals surface area (Å²) in [6.45, 7) is 6.38. The van der Waals surface area contributed by atoms with Crippen LogP contribution in [0, 0.1) is 17.7 Å². The summed E-state index contributed by atoms with van der Waals surface area (Å²) in [5.74, 6) is 1.18. The molecule has 0 radical (unpaired) electrons. The summed E-state index contributed by atoms with van der Waals surface area (Å²) in [4.78, 5) is 10.1. The maximum absolute atomic E-state index is 14.2. The number of aromatic nitrogens is 2. The highest BCUT2D eigenvalue weighted by Crippen LogP contribution is 2.27. The van der Waals surface area contributed by atoms with E-state index in [0.29, 0.717) is 36.3 Å². The van der Waals surface area contributed by atoms with Crippen molar-refractivity contribution in [3.8, 4) is 0 Å². The smallest absolute Gasteiger partial charge is 0.187 e. The van der Waals surface area contributed by atoms with E-state index in [1.165, 1.54) is 6.33 Å². The Morgan fingerprint density at radius 1 is 1.50 bits per heavy atom. The number of rotatable bonds is 3. The summed E-state index contributed by atoms with van der Waals surface area (Å²) >= 11 is 0. The fourth-order valence-electron chi connectivity index (χ4n) is 2.51. The molecule has 5 heteroatoms. The first-order valence-electron chi connectivity index (χ1n) is 6.61. The van der Waals surface area contributed by atoms with Gasteiger partial charge in [-0.25, -0.2) is 14.4 Å². The van der Waals surface area contributed by atoms with Crippen molar-refractivity contribution in [2.45, 2.75) is 26.7 Å². The predicted molar refractivity (Wildman–Crippen MR) is 69.9 cm³/mol. The van der Waals surface area contributed by atoms with E-state index in [1.807, 2.05) is 11.8 Å². The minimum Gasteiger partial charge on any atom is -0.354 e. The normalized spacial score (nSPS) is 24.3. The lowest BCUT2D eigenvalue weighted by Gasteiger charge is -2.37. The van der Waals surface area contributed by atoms with Crippen LogP contribution < -0.4 is 10.6 Å². The number of piperidine rings is 1. The molecular formula is C13H21FN4. The topological polar surface area (TPSA) is 55.0 Å². The van der Waals surface area contributed by atoms with Gasteiger partial charge in [0, 0.05) is 13.1 Å². The molecule has 1 aromatic heterocycles. The molecule has 2 rings (SSSR count). The van der Waals surface area contributed by atoms with Gasteiger partial charge in [0.25, 0.3) is 0 Å². The lowest BCUT2D eigenvalue weighted by atomic mass is 9.87. The Balaban J connectivity index is 2.21. The second-order valence-electron chi connectivity index (χ2n) is 5.02. The maximum atomic E-state index is 14.2. The van der Waals surface area contributed by atoms with Crippen molar-refractivity contribution in [2.24, 2.45) is 17.6 Å². The third-order valence-electron chi connectivity index (χ3n) is 3.89. The Hall–Kier alpha value is -1.23. The molecule has 2 atom stereocenters. The highest BCUT2D eigenvalue weighted by atomic mass is 19.1. The first-order chi connectivity index (χ1) is 8.67. The molecule has 0 aromatic carbocycles. The van der Waals surface area contributed by atoms with Crippen LogP contribution in [0.4, 0.5) is 10.2 Å². The van der Waals surface area contributed by atoms with Gasteiger partial charge in [-0.2, -0.15) is 0 Å². The van der Waals surface area contributed by atoms with Gasteiger partial charge in [-0.1, -0.05) is 13.8 Å². The van der Waals surface area contributed by atoms with Crippen LogP contribution in [0.1, 0.15) is 26.0 Å². The molecule has 100 valence electrons. The zero-order valence-electron chi connectivity index (χ0n) is 11.1. The Morgan fingerprint density at radius 2 is 2.28 bits per heavy atom. The molecule has 1 aliphatic rings. The van der Waals surface area contributed by atoms with E-state index in [9.17, 15) is 4.39 Å². The molecular weight excluding hydrogens is 231 g/mol. The fraction of sp³-hybridized carbons (Fsp3) is 0.692. The van der Waals surface area contributed by atoms with Gasteiger partial charge in [-0.15, -0.1) is 0 Å². The molecule has 0 bridgehead atoms. The van der Waals surface area contributed by atoms with Gasteiger partial charge in [-0.05, 0) is 31.2 Å². The van der Waals surface area contributed by atoms with Crippen LogP contribution in [0.25, 0.3) is 0 Å².